The van der Waals surface area contributed by atoms with Crippen molar-refractivity contribution in [2.75, 3.05) is 25.1 Å². The van der Waals surface area contributed by atoms with Crippen LogP contribution in [-0.4, -0.2) is 26.2 Å². The molecule has 114 valence electrons. The van der Waals surface area contributed by atoms with Crippen LogP contribution >= 0.6 is 0 Å². The Balaban J connectivity index is 1.79. The van der Waals surface area contributed by atoms with Gasteiger partial charge in [-0.1, -0.05) is 30.3 Å². The Bertz CT molecular complexity index is 652. The number of benzene rings is 2. The van der Waals surface area contributed by atoms with Gasteiger partial charge in [0.15, 0.2) is 0 Å². The first kappa shape index (κ1) is 14.6. The molecule has 2 aromatic carbocycles. The molecular weight excluding hydrogens is 276 g/mol. The Labute approximate surface area is 130 Å². The number of anilines is 1. The van der Waals surface area contributed by atoms with Gasteiger partial charge in [0, 0.05) is 31.9 Å². The van der Waals surface area contributed by atoms with Crippen LogP contribution in [0.1, 0.15) is 21.5 Å². The molecule has 1 heterocycles. The molecule has 0 spiro atoms. The van der Waals surface area contributed by atoms with E-state index in [1.54, 1.807) is 0 Å². The predicted molar refractivity (Wildman–Crippen MR) is 87.0 cm³/mol. The monoisotopic (exact) mass is 296 g/mol. The SMILES string of the molecule is COC(=O)c1ccc(CN2CCNCc3ccccc32)cc1. The van der Waals surface area contributed by atoms with Crippen molar-refractivity contribution in [1.82, 2.24) is 5.32 Å². The van der Waals surface area contributed by atoms with Crippen LogP contribution in [0.5, 0.6) is 0 Å². The Kier molecular flexibility index (Phi) is 4.39. The average Bonchev–Trinajstić information content (AvgIpc) is 2.77. The van der Waals surface area contributed by atoms with E-state index in [4.69, 9.17) is 4.74 Å². The van der Waals surface area contributed by atoms with Crippen molar-refractivity contribution in [2.24, 2.45) is 0 Å². The number of esters is 1. The molecule has 0 radical (unpaired) electrons. The van der Waals surface area contributed by atoms with Crippen LogP contribution in [0, 0.1) is 0 Å². The van der Waals surface area contributed by atoms with E-state index in [0.29, 0.717) is 5.56 Å². The Morgan fingerprint density at radius 1 is 1.18 bits per heavy atom. The number of fused-ring (bicyclic) bond motifs is 1. The molecule has 0 atom stereocenters. The number of carbonyl (C=O) groups is 1. The maximum Gasteiger partial charge on any atom is 0.337 e. The smallest absolute Gasteiger partial charge is 0.337 e. The second-order valence-corrected chi connectivity index (χ2v) is 5.42. The Morgan fingerprint density at radius 3 is 2.73 bits per heavy atom. The summed E-state index contributed by atoms with van der Waals surface area (Å²) in [6.45, 7) is 3.68. The average molecular weight is 296 g/mol. The maximum atomic E-state index is 11.5. The van der Waals surface area contributed by atoms with E-state index in [1.807, 2.05) is 24.3 Å². The van der Waals surface area contributed by atoms with Crippen molar-refractivity contribution in [3.8, 4) is 0 Å². The first-order chi connectivity index (χ1) is 10.8. The molecule has 0 fully saturated rings. The number of ether oxygens (including phenoxy) is 1. The molecule has 22 heavy (non-hydrogen) atoms. The van der Waals surface area contributed by atoms with Crippen LogP contribution in [0.25, 0.3) is 0 Å². The van der Waals surface area contributed by atoms with Gasteiger partial charge >= 0.3 is 5.97 Å². The standard InChI is InChI=1S/C18H20N2O2/c1-22-18(21)15-8-6-14(7-9-15)13-20-11-10-19-12-16-4-2-3-5-17(16)20/h2-9,19H,10-13H2,1H3. The summed E-state index contributed by atoms with van der Waals surface area (Å²) in [5.74, 6) is -0.295. The van der Waals surface area contributed by atoms with Gasteiger partial charge in [0.25, 0.3) is 0 Å². The van der Waals surface area contributed by atoms with Crippen molar-refractivity contribution in [2.45, 2.75) is 13.1 Å². The molecule has 2 aromatic rings. The van der Waals surface area contributed by atoms with Gasteiger partial charge in [-0.15, -0.1) is 0 Å². The van der Waals surface area contributed by atoms with E-state index >= 15 is 0 Å². The lowest BCUT2D eigenvalue weighted by Gasteiger charge is -2.24. The highest BCUT2D eigenvalue weighted by Gasteiger charge is 2.14. The highest BCUT2D eigenvalue weighted by molar-refractivity contribution is 5.89. The molecule has 0 aliphatic carbocycles. The van der Waals surface area contributed by atoms with Crippen molar-refractivity contribution in [3.63, 3.8) is 0 Å². The highest BCUT2D eigenvalue weighted by atomic mass is 16.5. The van der Waals surface area contributed by atoms with E-state index < -0.39 is 0 Å². The highest BCUT2D eigenvalue weighted by Crippen LogP contribution is 2.24. The van der Waals surface area contributed by atoms with Crippen molar-refractivity contribution in [1.29, 1.82) is 0 Å². The van der Waals surface area contributed by atoms with Crippen LogP contribution in [0.15, 0.2) is 48.5 Å². The van der Waals surface area contributed by atoms with Crippen LogP contribution in [0.2, 0.25) is 0 Å². The lowest BCUT2D eigenvalue weighted by atomic mass is 10.1. The summed E-state index contributed by atoms with van der Waals surface area (Å²) in [5.41, 5.74) is 4.38. The number of hydrogen-bond donors (Lipinski definition) is 1. The topological polar surface area (TPSA) is 41.6 Å². The fourth-order valence-corrected chi connectivity index (χ4v) is 2.78. The minimum absolute atomic E-state index is 0.295. The van der Waals surface area contributed by atoms with Gasteiger partial charge in [0.2, 0.25) is 0 Å². The van der Waals surface area contributed by atoms with Crippen LogP contribution < -0.4 is 10.2 Å². The Morgan fingerprint density at radius 2 is 1.95 bits per heavy atom. The summed E-state index contributed by atoms with van der Waals surface area (Å²) >= 11 is 0. The molecule has 3 rings (SSSR count). The second-order valence-electron chi connectivity index (χ2n) is 5.42. The molecule has 0 amide bonds. The molecule has 4 heteroatoms. The van der Waals surface area contributed by atoms with E-state index in [9.17, 15) is 4.79 Å². The van der Waals surface area contributed by atoms with Crippen LogP contribution in [-0.2, 0) is 17.8 Å². The number of carbonyl (C=O) groups excluding carboxylic acids is 1. The normalized spacial score (nSPS) is 14.1. The van der Waals surface area contributed by atoms with Gasteiger partial charge in [0.05, 0.1) is 12.7 Å². The van der Waals surface area contributed by atoms with Gasteiger partial charge in [-0.3, -0.25) is 0 Å². The zero-order valence-corrected chi connectivity index (χ0v) is 12.7. The minimum Gasteiger partial charge on any atom is -0.465 e. The van der Waals surface area contributed by atoms with Crippen molar-refractivity contribution < 1.29 is 9.53 Å². The third-order valence-corrected chi connectivity index (χ3v) is 3.95. The van der Waals surface area contributed by atoms with E-state index in [2.05, 4.69) is 34.5 Å². The molecule has 0 saturated carbocycles. The summed E-state index contributed by atoms with van der Waals surface area (Å²) in [4.78, 5) is 13.9. The zero-order chi connectivity index (χ0) is 15.4. The molecule has 1 aliphatic rings. The van der Waals surface area contributed by atoms with Gasteiger partial charge in [0.1, 0.15) is 0 Å². The van der Waals surface area contributed by atoms with Crippen molar-refractivity contribution in [3.05, 3.63) is 65.2 Å². The summed E-state index contributed by atoms with van der Waals surface area (Å²) in [6.07, 6.45) is 0. The molecule has 0 aromatic heterocycles. The van der Waals surface area contributed by atoms with Gasteiger partial charge < -0.3 is 15.0 Å². The molecule has 1 N–H and O–H groups in total. The lowest BCUT2D eigenvalue weighted by molar-refractivity contribution is 0.0600. The summed E-state index contributed by atoms with van der Waals surface area (Å²) < 4.78 is 4.73. The number of hydrogen-bond acceptors (Lipinski definition) is 4. The molecule has 4 nitrogen and oxygen atoms in total. The van der Waals surface area contributed by atoms with E-state index in [-0.39, 0.29) is 5.97 Å². The zero-order valence-electron chi connectivity index (χ0n) is 12.7. The van der Waals surface area contributed by atoms with Gasteiger partial charge in [-0.25, -0.2) is 4.79 Å². The third kappa shape index (κ3) is 3.12. The number of rotatable bonds is 3. The molecule has 0 bridgehead atoms. The van der Waals surface area contributed by atoms with Crippen molar-refractivity contribution >= 4 is 11.7 Å². The van der Waals surface area contributed by atoms with E-state index in [1.165, 1.54) is 23.9 Å². The quantitative estimate of drug-likeness (QED) is 0.884. The van der Waals surface area contributed by atoms with Crippen LogP contribution in [0.4, 0.5) is 5.69 Å². The first-order valence-electron chi connectivity index (χ1n) is 7.49. The summed E-state index contributed by atoms with van der Waals surface area (Å²) in [5, 5.41) is 3.45. The first-order valence-corrected chi connectivity index (χ1v) is 7.49. The van der Waals surface area contributed by atoms with Gasteiger partial charge in [-0.05, 0) is 29.3 Å². The number of nitrogens with one attached hydrogen (secondary N) is 1. The maximum absolute atomic E-state index is 11.5. The summed E-state index contributed by atoms with van der Waals surface area (Å²) in [6, 6.07) is 16.1. The molecular formula is C18H20N2O2. The number of para-hydroxylation sites is 1. The van der Waals surface area contributed by atoms with E-state index in [0.717, 1.165) is 26.2 Å². The fourth-order valence-electron chi connectivity index (χ4n) is 2.78. The molecule has 1 aliphatic heterocycles. The predicted octanol–water partition coefficient (Wildman–Crippen LogP) is 2.58. The fraction of sp³-hybridized carbons (Fsp3) is 0.278. The number of methoxy groups -OCH3 is 1. The lowest BCUT2D eigenvalue weighted by Crippen LogP contribution is -2.28. The number of nitrogens with zero attached hydrogens (tertiary/aromatic N) is 1. The molecule has 0 saturated heterocycles. The third-order valence-electron chi connectivity index (χ3n) is 3.95. The Hall–Kier alpha value is -2.33. The molecule has 0 unspecified atom stereocenters. The minimum atomic E-state index is -0.295. The largest absolute Gasteiger partial charge is 0.465 e. The van der Waals surface area contributed by atoms with Gasteiger partial charge in [-0.2, -0.15) is 0 Å². The summed E-state index contributed by atoms with van der Waals surface area (Å²) in [7, 11) is 1.40. The van der Waals surface area contributed by atoms with Crippen LogP contribution in [0.3, 0.4) is 0 Å². The second kappa shape index (κ2) is 6.62.